The van der Waals surface area contributed by atoms with Gasteiger partial charge in [0, 0.05) is 18.7 Å². The van der Waals surface area contributed by atoms with E-state index in [1.807, 2.05) is 17.5 Å². The molecule has 0 bridgehead atoms. The third-order valence-corrected chi connectivity index (χ3v) is 4.79. The number of hydrogen-bond acceptors (Lipinski definition) is 5. The molecule has 1 N–H and O–H groups in total. The summed E-state index contributed by atoms with van der Waals surface area (Å²) in [5.41, 5.74) is 0.347. The van der Waals surface area contributed by atoms with Crippen molar-refractivity contribution in [1.82, 2.24) is 15.4 Å². The Morgan fingerprint density at radius 2 is 2.52 bits per heavy atom. The van der Waals surface area contributed by atoms with Crippen LogP contribution in [0.25, 0.3) is 10.6 Å². The summed E-state index contributed by atoms with van der Waals surface area (Å²) in [4.78, 5) is 15.5. The Morgan fingerprint density at radius 3 is 3.29 bits per heavy atom. The molecule has 6 heteroatoms. The van der Waals surface area contributed by atoms with Crippen molar-refractivity contribution in [2.45, 2.75) is 25.8 Å². The zero-order chi connectivity index (χ0) is 14.7. The first kappa shape index (κ1) is 14.3. The van der Waals surface area contributed by atoms with E-state index >= 15 is 0 Å². The van der Waals surface area contributed by atoms with Crippen molar-refractivity contribution >= 4 is 17.2 Å². The van der Waals surface area contributed by atoms with Crippen LogP contribution in [0.3, 0.4) is 0 Å². The number of likely N-dealkylation sites (N-methyl/N-ethyl adjacent to an activating group) is 1. The fraction of sp³-hybridized carbons (Fsp3) is 0.467. The first-order valence-electron chi connectivity index (χ1n) is 7.30. The molecule has 0 saturated carbocycles. The molecule has 1 unspecified atom stereocenters. The predicted molar refractivity (Wildman–Crippen MR) is 82.4 cm³/mol. The first-order chi connectivity index (χ1) is 10.3. The van der Waals surface area contributed by atoms with Crippen molar-refractivity contribution in [2.75, 3.05) is 19.6 Å². The second kappa shape index (κ2) is 6.41. The molecule has 1 amide bonds. The quantitative estimate of drug-likeness (QED) is 0.922. The lowest BCUT2D eigenvalue weighted by atomic mass is 10.2. The molecule has 1 fully saturated rings. The van der Waals surface area contributed by atoms with E-state index in [1.165, 1.54) is 6.42 Å². The summed E-state index contributed by atoms with van der Waals surface area (Å²) in [5, 5.41) is 8.80. The SMILES string of the molecule is CCN1CCCC1CNC(=O)c1cc(-c2cccs2)on1. The highest BCUT2D eigenvalue weighted by molar-refractivity contribution is 7.13. The van der Waals surface area contributed by atoms with Crippen molar-refractivity contribution in [3.8, 4) is 10.6 Å². The molecule has 0 aromatic carbocycles. The molecule has 1 saturated heterocycles. The largest absolute Gasteiger partial charge is 0.355 e. The van der Waals surface area contributed by atoms with Gasteiger partial charge in [-0.3, -0.25) is 9.69 Å². The minimum Gasteiger partial charge on any atom is -0.355 e. The number of carbonyl (C=O) groups excluding carboxylic acids is 1. The van der Waals surface area contributed by atoms with Gasteiger partial charge in [0.15, 0.2) is 11.5 Å². The second-order valence-corrected chi connectivity index (χ2v) is 6.14. The minimum absolute atomic E-state index is 0.162. The molecule has 1 atom stereocenters. The number of nitrogens with zero attached hydrogens (tertiary/aromatic N) is 2. The number of rotatable bonds is 5. The lowest BCUT2D eigenvalue weighted by Gasteiger charge is -2.22. The summed E-state index contributed by atoms with van der Waals surface area (Å²) in [6, 6.07) is 6.04. The first-order valence-corrected chi connectivity index (χ1v) is 8.18. The molecule has 3 rings (SSSR count). The summed E-state index contributed by atoms with van der Waals surface area (Å²) >= 11 is 1.57. The summed E-state index contributed by atoms with van der Waals surface area (Å²) in [6.07, 6.45) is 2.36. The number of thiophene rings is 1. The molecule has 1 aliphatic heterocycles. The molecular formula is C15H19N3O2S. The number of carbonyl (C=O) groups is 1. The summed E-state index contributed by atoms with van der Waals surface area (Å²) in [5.74, 6) is 0.482. The highest BCUT2D eigenvalue weighted by Crippen LogP contribution is 2.25. The Labute approximate surface area is 127 Å². The Morgan fingerprint density at radius 1 is 1.62 bits per heavy atom. The Hall–Kier alpha value is -1.66. The summed E-state index contributed by atoms with van der Waals surface area (Å²) in [7, 11) is 0. The van der Waals surface area contributed by atoms with Crippen LogP contribution in [0.5, 0.6) is 0 Å². The van der Waals surface area contributed by atoms with Crippen LogP contribution in [0.4, 0.5) is 0 Å². The number of aromatic nitrogens is 1. The maximum absolute atomic E-state index is 12.1. The normalized spacial score (nSPS) is 19.0. The van der Waals surface area contributed by atoms with Gasteiger partial charge in [-0.25, -0.2) is 0 Å². The van der Waals surface area contributed by atoms with Gasteiger partial charge in [-0.05, 0) is 37.4 Å². The molecular weight excluding hydrogens is 286 g/mol. The van der Waals surface area contributed by atoms with E-state index in [0.717, 1.165) is 24.4 Å². The van der Waals surface area contributed by atoms with Crippen LogP contribution in [0.2, 0.25) is 0 Å². The molecule has 2 aromatic heterocycles. The third kappa shape index (κ3) is 3.16. The van der Waals surface area contributed by atoms with E-state index in [2.05, 4.69) is 22.3 Å². The smallest absolute Gasteiger partial charge is 0.273 e. The van der Waals surface area contributed by atoms with Crippen LogP contribution in [0, 0.1) is 0 Å². The van der Waals surface area contributed by atoms with Crippen LogP contribution in [-0.4, -0.2) is 41.6 Å². The Bertz CT molecular complexity index is 594. The van der Waals surface area contributed by atoms with Crippen molar-refractivity contribution in [1.29, 1.82) is 0 Å². The van der Waals surface area contributed by atoms with Crippen LogP contribution in [0.1, 0.15) is 30.3 Å². The van der Waals surface area contributed by atoms with Crippen molar-refractivity contribution in [3.63, 3.8) is 0 Å². The average Bonchev–Trinajstić information content (AvgIpc) is 3.24. The maximum atomic E-state index is 12.1. The molecule has 112 valence electrons. The van der Waals surface area contributed by atoms with Gasteiger partial charge in [-0.15, -0.1) is 11.3 Å². The topological polar surface area (TPSA) is 58.4 Å². The summed E-state index contributed by atoms with van der Waals surface area (Å²) < 4.78 is 5.23. The molecule has 2 aromatic rings. The van der Waals surface area contributed by atoms with Gasteiger partial charge in [0.25, 0.3) is 5.91 Å². The number of likely N-dealkylation sites (tertiary alicyclic amines) is 1. The van der Waals surface area contributed by atoms with E-state index in [-0.39, 0.29) is 5.91 Å². The molecule has 0 radical (unpaired) electrons. The number of amides is 1. The second-order valence-electron chi connectivity index (χ2n) is 5.19. The van der Waals surface area contributed by atoms with Gasteiger partial charge in [-0.1, -0.05) is 18.1 Å². The third-order valence-electron chi connectivity index (χ3n) is 3.91. The predicted octanol–water partition coefficient (Wildman–Crippen LogP) is 2.62. The number of nitrogens with one attached hydrogen (secondary N) is 1. The van der Waals surface area contributed by atoms with Gasteiger partial charge >= 0.3 is 0 Å². The maximum Gasteiger partial charge on any atom is 0.273 e. The van der Waals surface area contributed by atoms with Gasteiger partial charge in [0.05, 0.1) is 4.88 Å². The lowest BCUT2D eigenvalue weighted by Crippen LogP contribution is -2.40. The molecule has 21 heavy (non-hydrogen) atoms. The van der Waals surface area contributed by atoms with Crippen LogP contribution in [0.15, 0.2) is 28.1 Å². The molecule has 3 heterocycles. The number of hydrogen-bond donors (Lipinski definition) is 1. The van der Waals surface area contributed by atoms with E-state index in [0.29, 0.717) is 24.0 Å². The molecule has 0 aliphatic carbocycles. The minimum atomic E-state index is -0.162. The van der Waals surface area contributed by atoms with Crippen LogP contribution < -0.4 is 5.32 Å². The van der Waals surface area contributed by atoms with Crippen LogP contribution >= 0.6 is 11.3 Å². The molecule has 1 aliphatic rings. The highest BCUT2D eigenvalue weighted by Gasteiger charge is 2.24. The lowest BCUT2D eigenvalue weighted by molar-refractivity contribution is 0.0932. The Kier molecular flexibility index (Phi) is 4.36. The van der Waals surface area contributed by atoms with E-state index in [4.69, 9.17) is 4.52 Å². The fourth-order valence-corrected chi connectivity index (χ4v) is 3.43. The van der Waals surface area contributed by atoms with Gasteiger partial charge in [0.2, 0.25) is 0 Å². The zero-order valence-corrected chi connectivity index (χ0v) is 12.9. The van der Waals surface area contributed by atoms with Gasteiger partial charge in [0.1, 0.15) is 0 Å². The van der Waals surface area contributed by atoms with E-state index < -0.39 is 0 Å². The molecule has 0 spiro atoms. The van der Waals surface area contributed by atoms with Crippen molar-refractivity contribution in [2.24, 2.45) is 0 Å². The van der Waals surface area contributed by atoms with Gasteiger partial charge < -0.3 is 9.84 Å². The zero-order valence-electron chi connectivity index (χ0n) is 12.0. The monoisotopic (exact) mass is 305 g/mol. The average molecular weight is 305 g/mol. The van der Waals surface area contributed by atoms with E-state index in [1.54, 1.807) is 17.4 Å². The standard InChI is InChI=1S/C15H19N3O2S/c1-2-18-7-3-5-11(18)10-16-15(19)12-9-13(20-17-12)14-6-4-8-21-14/h4,6,8-9,11H,2-3,5,7,10H2,1H3,(H,16,19). The van der Waals surface area contributed by atoms with Crippen LogP contribution in [-0.2, 0) is 0 Å². The summed E-state index contributed by atoms with van der Waals surface area (Å²) in [6.45, 7) is 5.00. The van der Waals surface area contributed by atoms with E-state index in [9.17, 15) is 4.79 Å². The fourth-order valence-electron chi connectivity index (χ4n) is 2.76. The Balaban J connectivity index is 1.58. The van der Waals surface area contributed by atoms with Gasteiger partial charge in [-0.2, -0.15) is 0 Å². The van der Waals surface area contributed by atoms with Crippen molar-refractivity contribution in [3.05, 3.63) is 29.3 Å². The highest BCUT2D eigenvalue weighted by atomic mass is 32.1. The van der Waals surface area contributed by atoms with Crippen molar-refractivity contribution < 1.29 is 9.32 Å². The molecule has 5 nitrogen and oxygen atoms in total.